The topological polar surface area (TPSA) is 30.7 Å². The van der Waals surface area contributed by atoms with Crippen LogP contribution >= 0.6 is 15.9 Å². The lowest BCUT2D eigenvalue weighted by molar-refractivity contribution is 0.875. The molecule has 2 aromatic heterocycles. The summed E-state index contributed by atoms with van der Waals surface area (Å²) in [4.78, 5) is 3.98. The summed E-state index contributed by atoms with van der Waals surface area (Å²) in [6.07, 6.45) is 9.74. The summed E-state index contributed by atoms with van der Waals surface area (Å²) in [5.74, 6) is 0. The maximum atomic E-state index is 4.31. The minimum absolute atomic E-state index is 1.04. The van der Waals surface area contributed by atoms with E-state index in [1.165, 1.54) is 5.56 Å². The fraction of sp³-hybridized carbons (Fsp3) is 0.273. The molecule has 0 unspecified atom stereocenters. The highest BCUT2D eigenvalue weighted by Crippen LogP contribution is 2.08. The van der Waals surface area contributed by atoms with Crippen LogP contribution in [-0.4, -0.2) is 20.1 Å². The molecule has 0 saturated heterocycles. The monoisotopic (exact) mass is 265 g/mol. The summed E-state index contributed by atoms with van der Waals surface area (Å²) in [5, 5.41) is 5.35. The van der Waals surface area contributed by atoms with E-state index in [1.807, 2.05) is 23.0 Å². The Morgan fingerprint density at radius 3 is 2.80 bits per heavy atom. The molecular formula is C11H12BrN3. The lowest BCUT2D eigenvalue weighted by atomic mass is 10.2. The van der Waals surface area contributed by atoms with E-state index >= 15 is 0 Å². The van der Waals surface area contributed by atoms with Crippen molar-refractivity contribution >= 4 is 15.9 Å². The first-order chi connectivity index (χ1) is 7.40. The van der Waals surface area contributed by atoms with Gasteiger partial charge in [0.2, 0.25) is 0 Å². The molecule has 0 aliphatic carbocycles. The van der Waals surface area contributed by atoms with Gasteiger partial charge in [-0.3, -0.25) is 4.98 Å². The Labute approximate surface area is 97.3 Å². The molecule has 0 saturated carbocycles. The van der Waals surface area contributed by atoms with Crippen molar-refractivity contribution in [2.45, 2.75) is 12.8 Å². The Kier molecular flexibility index (Phi) is 3.50. The highest BCUT2D eigenvalue weighted by molar-refractivity contribution is 9.09. The smallest absolute Gasteiger partial charge is 0.0676 e. The number of pyridine rings is 1. The number of hydrogen-bond donors (Lipinski definition) is 0. The van der Waals surface area contributed by atoms with Crippen LogP contribution in [0.5, 0.6) is 0 Å². The molecule has 0 aliphatic heterocycles. The minimum atomic E-state index is 1.04. The van der Waals surface area contributed by atoms with Crippen LogP contribution in [0.15, 0.2) is 36.9 Å². The molecule has 78 valence electrons. The molecule has 0 radical (unpaired) electrons. The van der Waals surface area contributed by atoms with Gasteiger partial charge in [-0.05, 0) is 30.5 Å². The van der Waals surface area contributed by atoms with Crippen molar-refractivity contribution in [2.75, 3.05) is 5.33 Å². The SMILES string of the molecule is BrCCCc1cnn(-c2ccncc2)c1. The Balaban J connectivity index is 2.14. The highest BCUT2D eigenvalue weighted by atomic mass is 79.9. The number of halogens is 1. The lowest BCUT2D eigenvalue weighted by Crippen LogP contribution is -1.93. The first-order valence-corrected chi connectivity index (χ1v) is 6.02. The third-order valence-electron chi connectivity index (χ3n) is 2.16. The molecule has 15 heavy (non-hydrogen) atoms. The van der Waals surface area contributed by atoms with Crippen LogP contribution < -0.4 is 0 Å². The van der Waals surface area contributed by atoms with Crippen LogP contribution in [0.4, 0.5) is 0 Å². The molecule has 2 rings (SSSR count). The summed E-state index contributed by atoms with van der Waals surface area (Å²) < 4.78 is 1.88. The molecule has 2 heterocycles. The van der Waals surface area contributed by atoms with E-state index < -0.39 is 0 Å². The first kappa shape index (κ1) is 10.4. The van der Waals surface area contributed by atoms with Crippen molar-refractivity contribution in [3.05, 3.63) is 42.5 Å². The molecule has 0 N–H and O–H groups in total. The second-order valence-electron chi connectivity index (χ2n) is 3.29. The maximum absolute atomic E-state index is 4.31. The number of hydrogen-bond acceptors (Lipinski definition) is 2. The zero-order valence-corrected chi connectivity index (χ0v) is 9.89. The number of aryl methyl sites for hydroxylation is 1. The second-order valence-corrected chi connectivity index (χ2v) is 4.08. The van der Waals surface area contributed by atoms with Gasteiger partial charge in [0.1, 0.15) is 0 Å². The van der Waals surface area contributed by atoms with E-state index in [-0.39, 0.29) is 0 Å². The summed E-state index contributed by atoms with van der Waals surface area (Å²) in [5.41, 5.74) is 2.32. The zero-order valence-electron chi connectivity index (χ0n) is 8.31. The number of alkyl halides is 1. The summed E-state index contributed by atoms with van der Waals surface area (Å²) in [7, 11) is 0. The van der Waals surface area contributed by atoms with Crippen LogP contribution in [0.3, 0.4) is 0 Å². The van der Waals surface area contributed by atoms with Gasteiger partial charge < -0.3 is 0 Å². The van der Waals surface area contributed by atoms with E-state index in [0.717, 1.165) is 23.9 Å². The fourth-order valence-electron chi connectivity index (χ4n) is 1.40. The fourth-order valence-corrected chi connectivity index (χ4v) is 1.68. The average molecular weight is 266 g/mol. The molecule has 0 bridgehead atoms. The van der Waals surface area contributed by atoms with Crippen LogP contribution in [0.2, 0.25) is 0 Å². The van der Waals surface area contributed by atoms with Gasteiger partial charge in [0.05, 0.1) is 11.9 Å². The third kappa shape index (κ3) is 2.65. The van der Waals surface area contributed by atoms with Gasteiger partial charge in [0, 0.05) is 23.9 Å². The first-order valence-electron chi connectivity index (χ1n) is 4.90. The molecular weight excluding hydrogens is 254 g/mol. The Morgan fingerprint density at radius 2 is 2.07 bits per heavy atom. The Bertz CT molecular complexity index is 411. The normalized spacial score (nSPS) is 10.5. The molecule has 4 heteroatoms. The standard InChI is InChI=1S/C11H12BrN3/c12-5-1-2-10-8-14-15(9-10)11-3-6-13-7-4-11/h3-4,6-9H,1-2,5H2. The van der Waals surface area contributed by atoms with Crippen molar-refractivity contribution < 1.29 is 0 Å². The van der Waals surface area contributed by atoms with Crippen molar-refractivity contribution in [1.29, 1.82) is 0 Å². The van der Waals surface area contributed by atoms with E-state index in [0.29, 0.717) is 0 Å². The van der Waals surface area contributed by atoms with Crippen molar-refractivity contribution in [3.63, 3.8) is 0 Å². The Morgan fingerprint density at radius 1 is 1.27 bits per heavy atom. The quantitative estimate of drug-likeness (QED) is 0.796. The third-order valence-corrected chi connectivity index (χ3v) is 2.72. The number of rotatable bonds is 4. The molecule has 0 amide bonds. The van der Waals surface area contributed by atoms with E-state index in [4.69, 9.17) is 0 Å². The van der Waals surface area contributed by atoms with E-state index in [2.05, 4.69) is 32.2 Å². The molecule has 0 aliphatic rings. The van der Waals surface area contributed by atoms with Gasteiger partial charge in [-0.2, -0.15) is 5.10 Å². The number of nitrogens with zero attached hydrogens (tertiary/aromatic N) is 3. The predicted octanol–water partition coefficient (Wildman–Crippen LogP) is 2.59. The van der Waals surface area contributed by atoms with E-state index in [9.17, 15) is 0 Å². The second kappa shape index (κ2) is 5.07. The van der Waals surface area contributed by atoms with Crippen molar-refractivity contribution in [1.82, 2.24) is 14.8 Å². The van der Waals surface area contributed by atoms with Crippen LogP contribution in [0, 0.1) is 0 Å². The van der Waals surface area contributed by atoms with Crippen LogP contribution in [0.1, 0.15) is 12.0 Å². The maximum Gasteiger partial charge on any atom is 0.0676 e. The molecule has 2 aromatic rings. The molecule has 3 nitrogen and oxygen atoms in total. The zero-order chi connectivity index (χ0) is 10.5. The van der Waals surface area contributed by atoms with E-state index in [1.54, 1.807) is 12.4 Å². The summed E-state index contributed by atoms with van der Waals surface area (Å²) in [6, 6.07) is 3.89. The largest absolute Gasteiger partial charge is 0.265 e. The van der Waals surface area contributed by atoms with Gasteiger partial charge in [-0.15, -0.1) is 0 Å². The minimum Gasteiger partial charge on any atom is -0.265 e. The molecule has 0 aromatic carbocycles. The van der Waals surface area contributed by atoms with Gasteiger partial charge in [0.15, 0.2) is 0 Å². The van der Waals surface area contributed by atoms with Crippen molar-refractivity contribution in [2.24, 2.45) is 0 Å². The van der Waals surface area contributed by atoms with Gasteiger partial charge in [0.25, 0.3) is 0 Å². The summed E-state index contributed by atoms with van der Waals surface area (Å²) >= 11 is 3.42. The van der Waals surface area contributed by atoms with Crippen molar-refractivity contribution in [3.8, 4) is 5.69 Å². The van der Waals surface area contributed by atoms with Crippen LogP contribution in [0.25, 0.3) is 5.69 Å². The Hall–Kier alpha value is -1.16. The lowest BCUT2D eigenvalue weighted by Gasteiger charge is -1.98. The number of aromatic nitrogens is 3. The molecule has 0 spiro atoms. The highest BCUT2D eigenvalue weighted by Gasteiger charge is 1.99. The molecule has 0 fully saturated rings. The molecule has 0 atom stereocenters. The van der Waals surface area contributed by atoms with Gasteiger partial charge >= 0.3 is 0 Å². The van der Waals surface area contributed by atoms with Gasteiger partial charge in [-0.25, -0.2) is 4.68 Å². The van der Waals surface area contributed by atoms with Gasteiger partial charge in [-0.1, -0.05) is 15.9 Å². The van der Waals surface area contributed by atoms with Crippen LogP contribution in [-0.2, 0) is 6.42 Å². The summed E-state index contributed by atoms with van der Waals surface area (Å²) in [6.45, 7) is 0. The average Bonchev–Trinajstić information content (AvgIpc) is 2.76. The predicted molar refractivity (Wildman–Crippen MR) is 63.5 cm³/mol.